The minimum Gasteiger partial charge on any atom is -0.350 e. The second-order valence-corrected chi connectivity index (χ2v) is 8.56. The van der Waals surface area contributed by atoms with Crippen LogP contribution in [0.4, 0.5) is 5.69 Å². The summed E-state index contributed by atoms with van der Waals surface area (Å²) in [7, 11) is 0. The van der Waals surface area contributed by atoms with Crippen LogP contribution in [-0.2, 0) is 11.3 Å². The van der Waals surface area contributed by atoms with Crippen LogP contribution in [0.1, 0.15) is 63.8 Å². The largest absolute Gasteiger partial charge is 0.350 e. The molecule has 3 aromatic rings. The molecule has 34 heavy (non-hydrogen) atoms. The summed E-state index contributed by atoms with van der Waals surface area (Å²) in [5.41, 5.74) is 3.56. The normalized spacial score (nSPS) is 16.2. The van der Waals surface area contributed by atoms with Gasteiger partial charge < -0.3 is 10.2 Å². The Bertz CT molecular complexity index is 1230. The summed E-state index contributed by atoms with van der Waals surface area (Å²) in [6, 6.07) is 20.4. The molecule has 5 rings (SSSR count). The maximum absolute atomic E-state index is 13.4. The van der Waals surface area contributed by atoms with Gasteiger partial charge in [0.15, 0.2) is 0 Å². The molecule has 1 aromatic heterocycles. The fraction of sp³-hybridized carbons (Fsp3) is 0.259. The monoisotopic (exact) mass is 454 g/mol. The molecule has 172 valence electrons. The van der Waals surface area contributed by atoms with E-state index in [-0.39, 0.29) is 17.7 Å². The summed E-state index contributed by atoms with van der Waals surface area (Å²) in [5.74, 6) is -0.139. The van der Waals surface area contributed by atoms with Crippen molar-refractivity contribution in [2.45, 2.75) is 38.4 Å². The molecule has 0 spiro atoms. The Morgan fingerprint density at radius 3 is 2.44 bits per heavy atom. The van der Waals surface area contributed by atoms with Gasteiger partial charge in [-0.25, -0.2) is 0 Å². The first-order valence-electron chi connectivity index (χ1n) is 11.6. The zero-order chi connectivity index (χ0) is 23.5. The van der Waals surface area contributed by atoms with E-state index >= 15 is 0 Å². The van der Waals surface area contributed by atoms with E-state index in [0.717, 1.165) is 30.5 Å². The lowest BCUT2D eigenvalue weighted by atomic mass is 10.0. The second kappa shape index (κ2) is 9.47. The highest BCUT2D eigenvalue weighted by atomic mass is 16.2. The molecule has 0 aliphatic carbocycles. The van der Waals surface area contributed by atoms with Gasteiger partial charge in [0.2, 0.25) is 5.91 Å². The smallest absolute Gasteiger partial charge is 0.260 e. The number of hydrogen-bond donors (Lipinski definition) is 1. The van der Waals surface area contributed by atoms with E-state index in [1.54, 1.807) is 22.1 Å². The average molecular weight is 455 g/mol. The number of fused-ring (bicyclic) bond motifs is 5. The summed E-state index contributed by atoms with van der Waals surface area (Å²) in [5, 5.41) is 2.89. The van der Waals surface area contributed by atoms with Crippen LogP contribution in [0.5, 0.6) is 0 Å². The summed E-state index contributed by atoms with van der Waals surface area (Å²) in [6.07, 6.45) is 4.01. The molecule has 3 amide bonds. The lowest BCUT2D eigenvalue weighted by Gasteiger charge is -2.41. The van der Waals surface area contributed by atoms with Crippen LogP contribution in [0, 0.1) is 0 Å². The standard InChI is InChI=1S/C27H26N4O3/c32-24(29-18-19-10-7-8-16-28-19)15-2-1-9-17-30-25-20-11-3-4-12-21(20)27(34)31(25)23-14-6-5-13-22(23)26(30)33/h3-8,10-14,16,25H,1-2,9,15,17-18H2,(H,29,32). The highest BCUT2D eigenvalue weighted by Gasteiger charge is 2.47. The Balaban J connectivity index is 1.21. The van der Waals surface area contributed by atoms with Gasteiger partial charge in [-0.1, -0.05) is 42.8 Å². The quantitative estimate of drug-likeness (QED) is 0.520. The zero-order valence-corrected chi connectivity index (χ0v) is 18.8. The van der Waals surface area contributed by atoms with Gasteiger partial charge in [0.05, 0.1) is 23.5 Å². The van der Waals surface area contributed by atoms with Crippen molar-refractivity contribution in [2.75, 3.05) is 11.4 Å². The Morgan fingerprint density at radius 2 is 1.62 bits per heavy atom. The number of para-hydroxylation sites is 1. The van der Waals surface area contributed by atoms with E-state index in [9.17, 15) is 14.4 Å². The summed E-state index contributed by atoms with van der Waals surface area (Å²) < 4.78 is 0. The number of carbonyl (C=O) groups excluding carboxylic acids is 3. The molecule has 1 N–H and O–H groups in total. The van der Waals surface area contributed by atoms with Crippen molar-refractivity contribution in [1.29, 1.82) is 0 Å². The number of hydrogen-bond acceptors (Lipinski definition) is 4. The first-order valence-corrected chi connectivity index (χ1v) is 11.6. The molecular weight excluding hydrogens is 428 g/mol. The number of anilines is 1. The molecule has 0 bridgehead atoms. The van der Waals surface area contributed by atoms with Gasteiger partial charge >= 0.3 is 0 Å². The van der Waals surface area contributed by atoms with Crippen LogP contribution in [0.3, 0.4) is 0 Å². The summed E-state index contributed by atoms with van der Waals surface area (Å²) in [4.78, 5) is 46.5. The van der Waals surface area contributed by atoms with Gasteiger partial charge in [0.25, 0.3) is 11.8 Å². The third kappa shape index (κ3) is 4.05. The van der Waals surface area contributed by atoms with Crippen LogP contribution in [0.2, 0.25) is 0 Å². The van der Waals surface area contributed by atoms with Crippen molar-refractivity contribution in [3.8, 4) is 0 Å². The maximum Gasteiger partial charge on any atom is 0.260 e. The Kier molecular flexibility index (Phi) is 6.08. The topological polar surface area (TPSA) is 82.6 Å². The lowest BCUT2D eigenvalue weighted by molar-refractivity contribution is -0.121. The Labute approximate surface area is 198 Å². The molecule has 0 radical (unpaired) electrons. The Morgan fingerprint density at radius 1 is 0.853 bits per heavy atom. The summed E-state index contributed by atoms with van der Waals surface area (Å²) >= 11 is 0. The number of amides is 3. The minimum absolute atomic E-state index is 0.00452. The third-order valence-corrected chi connectivity index (χ3v) is 6.38. The van der Waals surface area contributed by atoms with E-state index in [1.807, 2.05) is 60.7 Å². The number of benzene rings is 2. The minimum atomic E-state index is -0.423. The summed E-state index contributed by atoms with van der Waals surface area (Å²) in [6.45, 7) is 0.942. The lowest BCUT2D eigenvalue weighted by Crippen LogP contribution is -2.48. The van der Waals surface area contributed by atoms with E-state index in [0.29, 0.717) is 36.3 Å². The van der Waals surface area contributed by atoms with Crippen LogP contribution in [0.25, 0.3) is 0 Å². The number of nitrogens with one attached hydrogen (secondary N) is 1. The van der Waals surface area contributed by atoms with Crippen molar-refractivity contribution in [3.05, 3.63) is 95.3 Å². The molecule has 0 saturated heterocycles. The second-order valence-electron chi connectivity index (χ2n) is 8.56. The van der Waals surface area contributed by atoms with Gasteiger partial charge in [-0.2, -0.15) is 0 Å². The van der Waals surface area contributed by atoms with Gasteiger partial charge in [-0.3, -0.25) is 24.3 Å². The Hall–Kier alpha value is -4.00. The van der Waals surface area contributed by atoms with Crippen molar-refractivity contribution in [2.24, 2.45) is 0 Å². The predicted octanol–water partition coefficient (Wildman–Crippen LogP) is 4.07. The van der Waals surface area contributed by atoms with Gasteiger partial charge in [0, 0.05) is 30.3 Å². The van der Waals surface area contributed by atoms with Crippen LogP contribution in [-0.4, -0.2) is 34.2 Å². The predicted molar refractivity (Wildman–Crippen MR) is 128 cm³/mol. The number of carbonyl (C=O) groups is 3. The zero-order valence-electron chi connectivity index (χ0n) is 18.8. The molecule has 2 aliphatic heterocycles. The highest BCUT2D eigenvalue weighted by Crippen LogP contribution is 2.45. The first-order chi connectivity index (χ1) is 16.6. The molecule has 0 saturated carbocycles. The van der Waals surface area contributed by atoms with Crippen LogP contribution in [0.15, 0.2) is 72.9 Å². The average Bonchev–Trinajstić information content (AvgIpc) is 3.17. The molecule has 1 atom stereocenters. The fourth-order valence-corrected chi connectivity index (χ4v) is 4.72. The van der Waals surface area contributed by atoms with Gasteiger partial charge in [0.1, 0.15) is 6.17 Å². The molecule has 3 heterocycles. The third-order valence-electron chi connectivity index (χ3n) is 6.38. The van der Waals surface area contributed by atoms with E-state index in [1.165, 1.54) is 0 Å². The molecule has 7 heteroatoms. The first kappa shape index (κ1) is 21.8. The van der Waals surface area contributed by atoms with Gasteiger partial charge in [-0.15, -0.1) is 0 Å². The van der Waals surface area contributed by atoms with Crippen molar-refractivity contribution in [1.82, 2.24) is 15.2 Å². The molecule has 7 nitrogen and oxygen atoms in total. The van der Waals surface area contributed by atoms with E-state index in [2.05, 4.69) is 10.3 Å². The van der Waals surface area contributed by atoms with Crippen LogP contribution >= 0.6 is 0 Å². The van der Waals surface area contributed by atoms with E-state index < -0.39 is 6.17 Å². The molecular formula is C27H26N4O3. The number of nitrogens with zero attached hydrogens (tertiary/aromatic N) is 3. The molecule has 2 aromatic carbocycles. The van der Waals surface area contributed by atoms with Crippen molar-refractivity contribution >= 4 is 23.4 Å². The van der Waals surface area contributed by atoms with E-state index in [4.69, 9.17) is 0 Å². The number of aromatic nitrogens is 1. The highest BCUT2D eigenvalue weighted by molar-refractivity contribution is 6.16. The fourth-order valence-electron chi connectivity index (χ4n) is 4.72. The van der Waals surface area contributed by atoms with Crippen molar-refractivity contribution < 1.29 is 14.4 Å². The van der Waals surface area contributed by atoms with Crippen LogP contribution < -0.4 is 10.2 Å². The van der Waals surface area contributed by atoms with Crippen molar-refractivity contribution in [3.63, 3.8) is 0 Å². The molecule has 1 unspecified atom stereocenters. The maximum atomic E-state index is 13.4. The van der Waals surface area contributed by atoms with Gasteiger partial charge in [-0.05, 0) is 43.2 Å². The molecule has 0 fully saturated rings. The number of pyridine rings is 1. The molecule has 2 aliphatic rings. The number of rotatable bonds is 8. The number of unbranched alkanes of at least 4 members (excludes halogenated alkanes) is 2. The SMILES string of the molecule is O=C(CCCCCN1C(=O)c2ccccc2N2C(=O)c3ccccc3C12)NCc1ccccn1.